The third kappa shape index (κ3) is 1.76. The van der Waals surface area contributed by atoms with Crippen LogP contribution in [-0.2, 0) is 0 Å². The molecule has 0 saturated heterocycles. The zero-order chi connectivity index (χ0) is 12.5. The molecule has 0 spiro atoms. The number of halogens is 1. The number of pyridine rings is 1. The van der Waals surface area contributed by atoms with E-state index in [0.717, 1.165) is 5.52 Å². The maximum absolute atomic E-state index is 12.8. The van der Waals surface area contributed by atoms with Crippen molar-refractivity contribution in [2.75, 3.05) is 0 Å². The third-order valence-electron chi connectivity index (χ3n) is 2.94. The molecule has 0 aliphatic carbocycles. The number of fused-ring (bicyclic) bond motifs is 1. The van der Waals surface area contributed by atoms with Crippen LogP contribution in [0.4, 0.5) is 4.39 Å². The summed E-state index contributed by atoms with van der Waals surface area (Å²) in [6, 6.07) is 11.5. The molecule has 0 saturated carbocycles. The molecule has 1 aromatic carbocycles. The number of rotatable bonds is 2. The van der Waals surface area contributed by atoms with Gasteiger partial charge in [-0.05, 0) is 29.8 Å². The highest BCUT2D eigenvalue weighted by atomic mass is 19.1. The molecule has 0 amide bonds. The van der Waals surface area contributed by atoms with Gasteiger partial charge in [-0.15, -0.1) is 0 Å². The fourth-order valence-electron chi connectivity index (χ4n) is 1.99. The van der Waals surface area contributed by atoms with Gasteiger partial charge in [0.05, 0.1) is 11.7 Å². The summed E-state index contributed by atoms with van der Waals surface area (Å²) < 4.78 is 14.5. The fourth-order valence-corrected chi connectivity index (χ4v) is 1.99. The van der Waals surface area contributed by atoms with Crippen LogP contribution in [0.2, 0.25) is 0 Å². The molecule has 18 heavy (non-hydrogen) atoms. The van der Waals surface area contributed by atoms with Crippen molar-refractivity contribution in [3.63, 3.8) is 0 Å². The Labute approximate surface area is 103 Å². The summed E-state index contributed by atoms with van der Waals surface area (Å²) in [5.74, 6) is -0.314. The first kappa shape index (κ1) is 10.9. The van der Waals surface area contributed by atoms with E-state index in [2.05, 4.69) is 5.10 Å². The van der Waals surface area contributed by atoms with Crippen molar-refractivity contribution in [3.8, 4) is 0 Å². The van der Waals surface area contributed by atoms with Gasteiger partial charge < -0.3 is 5.11 Å². The Kier molecular flexibility index (Phi) is 2.57. The van der Waals surface area contributed by atoms with Crippen molar-refractivity contribution in [1.29, 1.82) is 0 Å². The number of aliphatic hydroxyl groups excluding tert-OH is 1. The van der Waals surface area contributed by atoms with E-state index in [-0.39, 0.29) is 5.82 Å². The van der Waals surface area contributed by atoms with Crippen LogP contribution in [0.25, 0.3) is 5.52 Å². The average molecular weight is 242 g/mol. The van der Waals surface area contributed by atoms with Gasteiger partial charge in [0.1, 0.15) is 11.9 Å². The molecular formula is C14H11FN2O. The Morgan fingerprint density at radius 3 is 2.67 bits per heavy atom. The lowest BCUT2D eigenvalue weighted by Gasteiger charge is -2.09. The molecule has 1 N–H and O–H groups in total. The normalized spacial score (nSPS) is 12.8. The van der Waals surface area contributed by atoms with Crippen molar-refractivity contribution in [3.05, 3.63) is 71.8 Å². The summed E-state index contributed by atoms with van der Waals surface area (Å²) in [5.41, 5.74) is 2.20. The number of nitrogens with zero attached hydrogens (tertiary/aromatic N) is 2. The molecule has 1 atom stereocenters. The average Bonchev–Trinajstić information content (AvgIpc) is 2.82. The zero-order valence-electron chi connectivity index (χ0n) is 9.49. The van der Waals surface area contributed by atoms with Gasteiger partial charge in [0.2, 0.25) is 0 Å². The summed E-state index contributed by atoms with van der Waals surface area (Å²) in [4.78, 5) is 0. The van der Waals surface area contributed by atoms with Crippen LogP contribution in [0.5, 0.6) is 0 Å². The van der Waals surface area contributed by atoms with E-state index in [1.165, 1.54) is 12.1 Å². The molecule has 90 valence electrons. The highest BCUT2D eigenvalue weighted by Gasteiger charge is 2.15. The maximum atomic E-state index is 12.8. The first-order chi connectivity index (χ1) is 8.75. The first-order valence-electron chi connectivity index (χ1n) is 5.61. The Morgan fingerprint density at radius 1 is 1.11 bits per heavy atom. The van der Waals surface area contributed by atoms with Gasteiger partial charge in [0.15, 0.2) is 0 Å². The minimum Gasteiger partial charge on any atom is -0.384 e. The van der Waals surface area contributed by atoms with Gasteiger partial charge in [-0.25, -0.2) is 8.91 Å². The van der Waals surface area contributed by atoms with E-state index in [1.54, 1.807) is 22.8 Å². The van der Waals surface area contributed by atoms with E-state index in [1.807, 2.05) is 24.4 Å². The smallest absolute Gasteiger partial charge is 0.123 e. The van der Waals surface area contributed by atoms with Crippen molar-refractivity contribution in [2.45, 2.75) is 6.10 Å². The molecule has 3 aromatic rings. The van der Waals surface area contributed by atoms with E-state index in [9.17, 15) is 9.50 Å². The molecule has 0 radical (unpaired) electrons. The second-order valence-corrected chi connectivity index (χ2v) is 4.08. The maximum Gasteiger partial charge on any atom is 0.123 e. The minimum absolute atomic E-state index is 0.314. The monoisotopic (exact) mass is 242 g/mol. The summed E-state index contributed by atoms with van der Waals surface area (Å²) in [7, 11) is 0. The first-order valence-corrected chi connectivity index (χ1v) is 5.61. The molecule has 3 nitrogen and oxygen atoms in total. The van der Waals surface area contributed by atoms with Gasteiger partial charge in [0, 0.05) is 11.8 Å². The number of aliphatic hydroxyl groups is 1. The van der Waals surface area contributed by atoms with Crippen LogP contribution >= 0.6 is 0 Å². The molecule has 4 heteroatoms. The molecule has 0 aliphatic rings. The largest absolute Gasteiger partial charge is 0.384 e. The molecule has 0 aliphatic heterocycles. The van der Waals surface area contributed by atoms with E-state index in [0.29, 0.717) is 11.1 Å². The topological polar surface area (TPSA) is 37.5 Å². The third-order valence-corrected chi connectivity index (χ3v) is 2.94. The van der Waals surface area contributed by atoms with Crippen LogP contribution in [0.1, 0.15) is 17.2 Å². The fraction of sp³-hybridized carbons (Fsp3) is 0.0714. The Hall–Kier alpha value is -2.20. The van der Waals surface area contributed by atoms with Gasteiger partial charge in [-0.1, -0.05) is 18.2 Å². The van der Waals surface area contributed by atoms with Gasteiger partial charge in [-0.2, -0.15) is 5.10 Å². The summed E-state index contributed by atoms with van der Waals surface area (Å²) >= 11 is 0. The van der Waals surface area contributed by atoms with E-state index in [4.69, 9.17) is 0 Å². The van der Waals surface area contributed by atoms with Crippen LogP contribution in [-0.4, -0.2) is 14.7 Å². The van der Waals surface area contributed by atoms with Gasteiger partial charge in [-0.3, -0.25) is 0 Å². The SMILES string of the molecule is OC(c1ccc(F)cc1)c1cnn2ccccc12. The van der Waals surface area contributed by atoms with Crippen LogP contribution < -0.4 is 0 Å². The quantitative estimate of drug-likeness (QED) is 0.750. The number of hydrogen-bond donors (Lipinski definition) is 1. The number of hydrogen-bond acceptors (Lipinski definition) is 2. The summed E-state index contributed by atoms with van der Waals surface area (Å²) in [6.45, 7) is 0. The molecular weight excluding hydrogens is 231 g/mol. The van der Waals surface area contributed by atoms with E-state index < -0.39 is 6.10 Å². The van der Waals surface area contributed by atoms with Crippen LogP contribution in [0, 0.1) is 5.82 Å². The van der Waals surface area contributed by atoms with Crippen molar-refractivity contribution >= 4 is 5.52 Å². The van der Waals surface area contributed by atoms with Crippen LogP contribution in [0.3, 0.4) is 0 Å². The molecule has 3 rings (SSSR count). The highest BCUT2D eigenvalue weighted by molar-refractivity contribution is 5.56. The second-order valence-electron chi connectivity index (χ2n) is 4.08. The zero-order valence-corrected chi connectivity index (χ0v) is 9.49. The van der Waals surface area contributed by atoms with Crippen molar-refractivity contribution in [1.82, 2.24) is 9.61 Å². The van der Waals surface area contributed by atoms with Crippen LogP contribution in [0.15, 0.2) is 54.9 Å². The lowest BCUT2D eigenvalue weighted by Crippen LogP contribution is -1.99. The lowest BCUT2D eigenvalue weighted by atomic mass is 10.0. The molecule has 0 fully saturated rings. The number of benzene rings is 1. The highest BCUT2D eigenvalue weighted by Crippen LogP contribution is 2.25. The molecule has 2 heterocycles. The standard InChI is InChI=1S/C14H11FN2O/c15-11-6-4-10(5-7-11)14(18)12-9-16-17-8-2-1-3-13(12)17/h1-9,14,18H. The Bertz CT molecular complexity index is 676. The Balaban J connectivity index is 2.06. The minimum atomic E-state index is -0.800. The van der Waals surface area contributed by atoms with E-state index >= 15 is 0 Å². The molecule has 1 unspecified atom stereocenters. The Morgan fingerprint density at radius 2 is 1.89 bits per heavy atom. The summed E-state index contributed by atoms with van der Waals surface area (Å²) in [5, 5.41) is 14.5. The van der Waals surface area contributed by atoms with Crippen molar-refractivity contribution < 1.29 is 9.50 Å². The molecule has 2 aromatic heterocycles. The molecule has 0 bridgehead atoms. The number of aromatic nitrogens is 2. The predicted octanol–water partition coefficient (Wildman–Crippen LogP) is 2.56. The van der Waals surface area contributed by atoms with Gasteiger partial charge >= 0.3 is 0 Å². The predicted molar refractivity (Wildman–Crippen MR) is 65.7 cm³/mol. The summed E-state index contributed by atoms with van der Waals surface area (Å²) in [6.07, 6.45) is 2.64. The lowest BCUT2D eigenvalue weighted by molar-refractivity contribution is 0.221. The van der Waals surface area contributed by atoms with Crippen molar-refractivity contribution in [2.24, 2.45) is 0 Å². The van der Waals surface area contributed by atoms with Gasteiger partial charge in [0.25, 0.3) is 0 Å². The second kappa shape index (κ2) is 4.23.